The average Bonchev–Trinajstić information content (AvgIpc) is 2.68. The van der Waals surface area contributed by atoms with Crippen molar-refractivity contribution in [1.82, 2.24) is 5.32 Å². The topological polar surface area (TPSA) is 59.3 Å². The molecule has 2 rings (SSSR count). The van der Waals surface area contributed by atoms with Crippen LogP contribution in [0.5, 0.6) is 0 Å². The third kappa shape index (κ3) is 1.70. The van der Waals surface area contributed by atoms with Crippen LogP contribution < -0.4 is 5.32 Å². The second kappa shape index (κ2) is 3.64. The molecule has 1 aliphatic rings. The molecule has 1 saturated heterocycles. The molecular weight excluding hydrogens is 214 g/mol. The van der Waals surface area contributed by atoms with Crippen molar-refractivity contribution in [2.45, 2.75) is 30.4 Å². The van der Waals surface area contributed by atoms with Gasteiger partial charge in [0.1, 0.15) is 5.76 Å². The summed E-state index contributed by atoms with van der Waals surface area (Å²) in [6, 6.07) is 3.36. The van der Waals surface area contributed by atoms with Crippen LogP contribution in [0.3, 0.4) is 0 Å². The fourth-order valence-electron chi connectivity index (χ4n) is 1.93. The summed E-state index contributed by atoms with van der Waals surface area (Å²) in [6.45, 7) is 3.94. The molecule has 1 fully saturated rings. The fraction of sp³-hybridized carbons (Fsp3) is 0.600. The van der Waals surface area contributed by atoms with Gasteiger partial charge in [-0.05, 0) is 26.0 Å². The Morgan fingerprint density at radius 3 is 2.80 bits per heavy atom. The maximum atomic E-state index is 11.9. The number of nitrogens with one attached hydrogen (secondary N) is 1. The lowest BCUT2D eigenvalue weighted by atomic mass is 10.1. The fourth-order valence-corrected chi connectivity index (χ4v) is 3.60. The van der Waals surface area contributed by atoms with Crippen molar-refractivity contribution < 1.29 is 12.8 Å². The molecule has 1 aromatic rings. The smallest absolute Gasteiger partial charge is 0.158 e. The van der Waals surface area contributed by atoms with Crippen molar-refractivity contribution in [3.8, 4) is 0 Å². The molecule has 1 N–H and O–H groups in total. The van der Waals surface area contributed by atoms with Crippen molar-refractivity contribution >= 4 is 9.84 Å². The third-order valence-electron chi connectivity index (χ3n) is 3.02. The Kier molecular flexibility index (Phi) is 2.60. The van der Waals surface area contributed by atoms with Crippen LogP contribution in [0.1, 0.15) is 25.6 Å². The Hall–Kier alpha value is -0.810. The first-order valence-corrected chi connectivity index (χ1v) is 6.64. The zero-order valence-corrected chi connectivity index (χ0v) is 9.62. The van der Waals surface area contributed by atoms with Gasteiger partial charge in [-0.1, -0.05) is 0 Å². The van der Waals surface area contributed by atoms with Gasteiger partial charge in [0.2, 0.25) is 0 Å². The number of hydrogen-bond donors (Lipinski definition) is 1. The monoisotopic (exact) mass is 229 g/mol. The Morgan fingerprint density at radius 2 is 2.20 bits per heavy atom. The lowest BCUT2D eigenvalue weighted by Crippen LogP contribution is -2.49. The normalized spacial score (nSPS) is 35.2. The second-order valence-electron chi connectivity index (χ2n) is 4.01. The third-order valence-corrected chi connectivity index (χ3v) is 5.62. The van der Waals surface area contributed by atoms with Gasteiger partial charge in [-0.25, -0.2) is 8.42 Å². The zero-order chi connectivity index (χ0) is 11.1. The summed E-state index contributed by atoms with van der Waals surface area (Å²) in [7, 11) is -3.04. The van der Waals surface area contributed by atoms with Gasteiger partial charge < -0.3 is 9.73 Å². The van der Waals surface area contributed by atoms with Crippen LogP contribution in [0.2, 0.25) is 0 Å². The van der Waals surface area contributed by atoms with Gasteiger partial charge in [0.05, 0.1) is 22.8 Å². The first kappa shape index (κ1) is 10.7. The molecule has 0 amide bonds. The maximum Gasteiger partial charge on any atom is 0.158 e. The number of furan rings is 1. The Balaban J connectivity index is 2.31. The molecule has 3 atom stereocenters. The van der Waals surface area contributed by atoms with Crippen LogP contribution >= 0.6 is 0 Å². The van der Waals surface area contributed by atoms with Crippen molar-refractivity contribution in [3.63, 3.8) is 0 Å². The minimum atomic E-state index is -3.04. The highest BCUT2D eigenvalue weighted by Crippen LogP contribution is 2.28. The molecule has 0 bridgehead atoms. The van der Waals surface area contributed by atoms with Gasteiger partial charge in [-0.2, -0.15) is 0 Å². The summed E-state index contributed by atoms with van der Waals surface area (Å²) in [5.74, 6) is 0.693. The lowest BCUT2D eigenvalue weighted by molar-refractivity contribution is 0.384. The molecule has 5 heteroatoms. The predicted octanol–water partition coefficient (Wildman–Crippen LogP) is 1.12. The van der Waals surface area contributed by atoms with Crippen molar-refractivity contribution in [3.05, 3.63) is 24.2 Å². The van der Waals surface area contributed by atoms with Crippen molar-refractivity contribution in [2.75, 3.05) is 6.54 Å². The lowest BCUT2D eigenvalue weighted by Gasteiger charge is -2.32. The number of hydrogen-bond acceptors (Lipinski definition) is 4. The Bertz CT molecular complexity index is 424. The van der Waals surface area contributed by atoms with Crippen LogP contribution in [0.15, 0.2) is 22.8 Å². The van der Waals surface area contributed by atoms with Gasteiger partial charge in [0, 0.05) is 6.54 Å². The average molecular weight is 229 g/mol. The molecule has 84 valence electrons. The molecule has 15 heavy (non-hydrogen) atoms. The molecule has 0 radical (unpaired) electrons. The summed E-state index contributed by atoms with van der Waals surface area (Å²) in [4.78, 5) is 0. The number of rotatable bonds is 1. The highest BCUT2D eigenvalue weighted by atomic mass is 32.2. The van der Waals surface area contributed by atoms with E-state index in [2.05, 4.69) is 5.32 Å². The Morgan fingerprint density at radius 1 is 1.47 bits per heavy atom. The van der Waals surface area contributed by atoms with Crippen LogP contribution in [-0.2, 0) is 9.84 Å². The SMILES string of the molecule is CC1CNC(c2ccco2)C(C)S1(=O)=O. The van der Waals surface area contributed by atoms with Crippen LogP contribution in [0.4, 0.5) is 0 Å². The van der Waals surface area contributed by atoms with Gasteiger partial charge in [0.15, 0.2) is 9.84 Å². The van der Waals surface area contributed by atoms with E-state index >= 15 is 0 Å². The summed E-state index contributed by atoms with van der Waals surface area (Å²) in [6.07, 6.45) is 1.56. The van der Waals surface area contributed by atoms with E-state index in [0.717, 1.165) is 0 Å². The molecule has 0 spiro atoms. The summed E-state index contributed by atoms with van der Waals surface area (Å²) >= 11 is 0. The first-order valence-electron chi connectivity index (χ1n) is 5.03. The maximum absolute atomic E-state index is 11.9. The van der Waals surface area contributed by atoms with Crippen LogP contribution in [0.25, 0.3) is 0 Å². The highest BCUT2D eigenvalue weighted by molar-refractivity contribution is 7.92. The van der Waals surface area contributed by atoms with E-state index in [0.29, 0.717) is 12.3 Å². The molecular formula is C10H15NO3S. The van der Waals surface area contributed by atoms with Crippen molar-refractivity contribution in [1.29, 1.82) is 0 Å². The van der Waals surface area contributed by atoms with E-state index in [1.54, 1.807) is 32.2 Å². The van der Waals surface area contributed by atoms with Crippen LogP contribution in [-0.4, -0.2) is 25.5 Å². The molecule has 0 aliphatic carbocycles. The molecule has 0 saturated carbocycles. The minimum Gasteiger partial charge on any atom is -0.468 e. The van der Waals surface area contributed by atoms with E-state index in [4.69, 9.17) is 4.42 Å². The van der Waals surface area contributed by atoms with Crippen molar-refractivity contribution in [2.24, 2.45) is 0 Å². The molecule has 1 aliphatic heterocycles. The number of sulfone groups is 1. The molecule has 3 unspecified atom stereocenters. The van der Waals surface area contributed by atoms with Gasteiger partial charge >= 0.3 is 0 Å². The molecule has 4 nitrogen and oxygen atoms in total. The first-order chi connectivity index (χ1) is 7.03. The van der Waals surface area contributed by atoms with Gasteiger partial charge in [-0.3, -0.25) is 0 Å². The Labute approximate surface area is 89.6 Å². The van der Waals surface area contributed by atoms with Gasteiger partial charge in [0.25, 0.3) is 0 Å². The summed E-state index contributed by atoms with van der Waals surface area (Å²) < 4.78 is 29.1. The predicted molar refractivity (Wildman–Crippen MR) is 57.3 cm³/mol. The van der Waals surface area contributed by atoms with E-state index in [9.17, 15) is 8.42 Å². The molecule has 2 heterocycles. The zero-order valence-electron chi connectivity index (χ0n) is 8.80. The van der Waals surface area contributed by atoms with E-state index in [-0.39, 0.29) is 11.3 Å². The van der Waals surface area contributed by atoms with E-state index in [1.807, 2.05) is 0 Å². The summed E-state index contributed by atoms with van der Waals surface area (Å²) in [5, 5.41) is 2.45. The van der Waals surface area contributed by atoms with Crippen LogP contribution in [0, 0.1) is 0 Å². The largest absolute Gasteiger partial charge is 0.468 e. The van der Waals surface area contributed by atoms with E-state index in [1.165, 1.54) is 0 Å². The van der Waals surface area contributed by atoms with E-state index < -0.39 is 15.1 Å². The molecule has 1 aromatic heterocycles. The molecule has 0 aromatic carbocycles. The van der Waals surface area contributed by atoms with Gasteiger partial charge in [-0.15, -0.1) is 0 Å². The highest BCUT2D eigenvalue weighted by Gasteiger charge is 2.40. The summed E-state index contributed by atoms with van der Waals surface area (Å²) in [5.41, 5.74) is 0. The standard InChI is InChI=1S/C10H15NO3S/c1-7-6-11-10(8(2)15(7,12)13)9-4-3-5-14-9/h3-5,7-8,10-11H,6H2,1-2H3. The minimum absolute atomic E-state index is 0.221. The second-order valence-corrected chi connectivity index (χ2v) is 6.73. The quantitative estimate of drug-likeness (QED) is 0.784.